The van der Waals surface area contributed by atoms with Gasteiger partial charge in [0.15, 0.2) is 6.10 Å². The molecule has 2 aliphatic heterocycles. The zero-order chi connectivity index (χ0) is 25.0. The molecule has 3 aromatic carbocycles. The minimum atomic E-state index is -1.05. The molecule has 6 rings (SSSR count). The molecule has 3 heterocycles. The van der Waals surface area contributed by atoms with E-state index in [-0.39, 0.29) is 10.0 Å². The van der Waals surface area contributed by atoms with Crippen LogP contribution in [0.15, 0.2) is 94.2 Å². The van der Waals surface area contributed by atoms with Gasteiger partial charge in [-0.2, -0.15) is 0 Å². The van der Waals surface area contributed by atoms with E-state index in [9.17, 15) is 14.4 Å². The predicted octanol–water partition coefficient (Wildman–Crippen LogP) is 5.37. The van der Waals surface area contributed by atoms with Crippen molar-refractivity contribution in [3.8, 4) is 5.69 Å². The highest BCUT2D eigenvalue weighted by atomic mass is 79.9. The molecule has 0 radical (unpaired) electrons. The standard InChI is InChI=1S/C26H17BrClN3O4S/c27-15-11-13-17(14-12-15)30-24(32)19-20(31(35-21(19)25(30)33)18-9-5-2-6-10-18)22-23(28)29(26(34)36-22)16-7-3-1-4-8-16/h1-14,19-21H/t19-,20-,21-/m0/s1. The molecule has 0 bridgehead atoms. The Labute approximate surface area is 223 Å². The number of aromatic nitrogens is 1. The maximum Gasteiger partial charge on any atom is 0.313 e. The van der Waals surface area contributed by atoms with E-state index in [0.29, 0.717) is 21.9 Å². The van der Waals surface area contributed by atoms with Crippen molar-refractivity contribution in [2.24, 2.45) is 5.92 Å². The summed E-state index contributed by atoms with van der Waals surface area (Å²) >= 11 is 11.1. The van der Waals surface area contributed by atoms with Gasteiger partial charge in [0, 0.05) is 4.47 Å². The quantitative estimate of drug-likeness (QED) is 0.303. The normalized spacial score (nSPS) is 21.3. The number of thiazole rings is 1. The van der Waals surface area contributed by atoms with Gasteiger partial charge >= 0.3 is 4.87 Å². The van der Waals surface area contributed by atoms with Crippen LogP contribution in [0.3, 0.4) is 0 Å². The Bertz CT molecular complexity index is 1520. The highest BCUT2D eigenvalue weighted by molar-refractivity contribution is 9.10. The van der Waals surface area contributed by atoms with E-state index >= 15 is 0 Å². The fraction of sp³-hybridized carbons (Fsp3) is 0.115. The first kappa shape index (κ1) is 23.2. The summed E-state index contributed by atoms with van der Waals surface area (Å²) in [5, 5.41) is 1.73. The molecule has 3 atom stereocenters. The lowest BCUT2D eigenvalue weighted by atomic mass is 9.95. The van der Waals surface area contributed by atoms with Crippen molar-refractivity contribution in [3.05, 3.63) is 109 Å². The zero-order valence-electron chi connectivity index (χ0n) is 18.5. The van der Waals surface area contributed by atoms with Crippen molar-refractivity contribution in [2.45, 2.75) is 12.1 Å². The molecule has 0 aliphatic carbocycles. The lowest BCUT2D eigenvalue weighted by molar-refractivity contribution is -0.126. The topological polar surface area (TPSA) is 71.8 Å². The van der Waals surface area contributed by atoms with Crippen molar-refractivity contribution in [1.29, 1.82) is 0 Å². The van der Waals surface area contributed by atoms with Crippen LogP contribution in [0.5, 0.6) is 0 Å². The highest BCUT2D eigenvalue weighted by Crippen LogP contribution is 2.50. The first-order valence-corrected chi connectivity index (χ1v) is 13.1. The number of anilines is 2. The minimum Gasteiger partial charge on any atom is -0.273 e. The van der Waals surface area contributed by atoms with E-state index < -0.39 is 29.9 Å². The van der Waals surface area contributed by atoms with Gasteiger partial charge in [-0.1, -0.05) is 75.3 Å². The van der Waals surface area contributed by atoms with Gasteiger partial charge < -0.3 is 0 Å². The molecule has 2 saturated heterocycles. The predicted molar refractivity (Wildman–Crippen MR) is 142 cm³/mol. The van der Waals surface area contributed by atoms with Gasteiger partial charge in [0.25, 0.3) is 5.91 Å². The molecular formula is C26H17BrClN3O4S. The van der Waals surface area contributed by atoms with Crippen LogP contribution in [0.25, 0.3) is 5.69 Å². The number of carbonyl (C=O) groups is 2. The number of hydrogen-bond donors (Lipinski definition) is 0. The highest BCUT2D eigenvalue weighted by Gasteiger charge is 2.61. The molecule has 7 nitrogen and oxygen atoms in total. The Balaban J connectivity index is 1.48. The number of nitrogens with zero attached hydrogens (tertiary/aromatic N) is 3. The molecule has 0 saturated carbocycles. The molecule has 36 heavy (non-hydrogen) atoms. The molecule has 4 aromatic rings. The first-order valence-electron chi connectivity index (χ1n) is 11.1. The molecular weight excluding hydrogens is 566 g/mol. The SMILES string of the molecule is O=C1[C@@H]2[C@H](ON(c3ccccc3)[C@@H]2c2sc(=O)n(-c3ccccc3)c2Cl)C(=O)N1c1ccc(Br)cc1. The number of amides is 2. The fourth-order valence-electron chi connectivity index (χ4n) is 4.67. The van der Waals surface area contributed by atoms with Crippen molar-refractivity contribution < 1.29 is 14.4 Å². The Kier molecular flexibility index (Phi) is 5.80. The molecule has 2 aliphatic rings. The van der Waals surface area contributed by atoms with Crippen LogP contribution >= 0.6 is 38.9 Å². The van der Waals surface area contributed by atoms with E-state index in [0.717, 1.165) is 20.7 Å². The molecule has 0 spiro atoms. The van der Waals surface area contributed by atoms with Crippen LogP contribution in [-0.4, -0.2) is 22.5 Å². The van der Waals surface area contributed by atoms with Crippen LogP contribution in [0, 0.1) is 5.92 Å². The van der Waals surface area contributed by atoms with Gasteiger partial charge in [0.1, 0.15) is 17.1 Å². The maximum absolute atomic E-state index is 13.8. The lowest BCUT2D eigenvalue weighted by Crippen LogP contribution is -2.37. The monoisotopic (exact) mass is 581 g/mol. The van der Waals surface area contributed by atoms with Gasteiger partial charge in [-0.15, -0.1) is 0 Å². The summed E-state index contributed by atoms with van der Waals surface area (Å²) in [4.78, 5) is 47.8. The summed E-state index contributed by atoms with van der Waals surface area (Å²) in [7, 11) is 0. The Hall–Kier alpha value is -3.24. The number of para-hydroxylation sites is 2. The summed E-state index contributed by atoms with van der Waals surface area (Å²) < 4.78 is 2.24. The van der Waals surface area contributed by atoms with E-state index in [1.54, 1.807) is 36.4 Å². The minimum absolute atomic E-state index is 0.189. The number of carbonyl (C=O) groups excluding carboxylic acids is 2. The second-order valence-electron chi connectivity index (χ2n) is 8.34. The smallest absolute Gasteiger partial charge is 0.273 e. The molecule has 180 valence electrons. The van der Waals surface area contributed by atoms with E-state index in [1.165, 1.54) is 9.63 Å². The third kappa shape index (κ3) is 3.62. The Morgan fingerprint density at radius 3 is 2.03 bits per heavy atom. The van der Waals surface area contributed by atoms with Crippen LogP contribution in [0.4, 0.5) is 11.4 Å². The number of hydrogen-bond acceptors (Lipinski definition) is 6. The molecule has 10 heteroatoms. The first-order chi connectivity index (χ1) is 17.5. The number of hydroxylamine groups is 1. The Morgan fingerprint density at radius 1 is 0.778 bits per heavy atom. The van der Waals surface area contributed by atoms with Gasteiger partial charge in [-0.3, -0.25) is 23.8 Å². The summed E-state index contributed by atoms with van der Waals surface area (Å²) in [6.07, 6.45) is -1.05. The van der Waals surface area contributed by atoms with Gasteiger partial charge in [0.05, 0.1) is 21.9 Å². The number of benzene rings is 3. The fourth-order valence-corrected chi connectivity index (χ4v) is 6.41. The van der Waals surface area contributed by atoms with Crippen molar-refractivity contribution in [1.82, 2.24) is 4.57 Å². The largest absolute Gasteiger partial charge is 0.313 e. The number of fused-ring (bicyclic) bond motifs is 1. The van der Waals surface area contributed by atoms with Crippen LogP contribution < -0.4 is 14.8 Å². The van der Waals surface area contributed by atoms with Crippen molar-refractivity contribution in [3.63, 3.8) is 0 Å². The maximum atomic E-state index is 13.8. The van der Waals surface area contributed by atoms with Gasteiger partial charge in [-0.25, -0.2) is 9.96 Å². The third-order valence-electron chi connectivity index (χ3n) is 6.27. The average molecular weight is 583 g/mol. The lowest BCUT2D eigenvalue weighted by Gasteiger charge is -2.28. The zero-order valence-corrected chi connectivity index (χ0v) is 21.6. The summed E-state index contributed by atoms with van der Waals surface area (Å²) in [6.45, 7) is 0. The average Bonchev–Trinajstić information content (AvgIpc) is 3.50. The van der Waals surface area contributed by atoms with Crippen LogP contribution in [0.2, 0.25) is 5.15 Å². The number of halogens is 2. The molecule has 2 amide bonds. The van der Waals surface area contributed by atoms with Gasteiger partial charge in [-0.05, 0) is 48.5 Å². The van der Waals surface area contributed by atoms with Crippen molar-refractivity contribution >= 4 is 62.1 Å². The van der Waals surface area contributed by atoms with E-state index in [1.807, 2.05) is 48.5 Å². The summed E-state index contributed by atoms with van der Waals surface area (Å²) in [5.41, 5.74) is 1.72. The van der Waals surface area contributed by atoms with Crippen LogP contribution in [0.1, 0.15) is 10.9 Å². The molecule has 1 aromatic heterocycles. The van der Waals surface area contributed by atoms with Crippen LogP contribution in [-0.2, 0) is 14.4 Å². The molecule has 0 unspecified atom stereocenters. The molecule has 0 N–H and O–H groups in total. The summed E-state index contributed by atoms with van der Waals surface area (Å²) in [5.74, 6) is -1.75. The second-order valence-corrected chi connectivity index (χ2v) is 10.6. The van der Waals surface area contributed by atoms with Gasteiger partial charge in [0.2, 0.25) is 5.91 Å². The molecule has 2 fully saturated rings. The van der Waals surface area contributed by atoms with E-state index in [2.05, 4.69) is 15.9 Å². The second kappa shape index (κ2) is 9.01. The third-order valence-corrected chi connectivity index (χ3v) is 8.30. The van der Waals surface area contributed by atoms with Crippen molar-refractivity contribution in [2.75, 3.05) is 9.96 Å². The number of imide groups is 1. The Morgan fingerprint density at radius 2 is 1.39 bits per heavy atom. The summed E-state index contributed by atoms with van der Waals surface area (Å²) in [6, 6.07) is 24.4. The number of rotatable bonds is 4. The van der Waals surface area contributed by atoms with E-state index in [4.69, 9.17) is 16.4 Å².